The van der Waals surface area contributed by atoms with Crippen LogP contribution in [0.3, 0.4) is 0 Å². The molecule has 0 fully saturated rings. The zero-order chi connectivity index (χ0) is 8.69. The highest BCUT2D eigenvalue weighted by atomic mass is 15.0. The zero-order valence-electron chi connectivity index (χ0n) is 7.49. The fourth-order valence-electron chi connectivity index (χ4n) is 0.482. The van der Waals surface area contributed by atoms with Crippen molar-refractivity contribution >= 4 is 6.21 Å². The van der Waals surface area contributed by atoms with Crippen LogP contribution in [0.25, 0.3) is 0 Å². The summed E-state index contributed by atoms with van der Waals surface area (Å²) in [5, 5.41) is 0. The molecule has 11 heavy (non-hydrogen) atoms. The van der Waals surface area contributed by atoms with Gasteiger partial charge in [0.15, 0.2) is 0 Å². The molecule has 0 aliphatic carbocycles. The Hall–Kier alpha value is -0.670. The maximum Gasteiger partial charge on any atom is 0.0291 e. The molecule has 0 spiro atoms. The SMILES string of the molecule is CN(C)C.NC1C=CN=CC1. The number of nitrogens with zero attached hydrogens (tertiary/aromatic N) is 2. The summed E-state index contributed by atoms with van der Waals surface area (Å²) >= 11 is 0. The lowest BCUT2D eigenvalue weighted by Gasteiger charge is -2.01. The molecular formula is C8H17N3. The average Bonchev–Trinajstić information content (AvgIpc) is 1.87. The highest BCUT2D eigenvalue weighted by Crippen LogP contribution is 1.92. The monoisotopic (exact) mass is 155 g/mol. The lowest BCUT2D eigenvalue weighted by Crippen LogP contribution is -2.18. The zero-order valence-corrected chi connectivity index (χ0v) is 7.49. The smallest absolute Gasteiger partial charge is 0.0291 e. The highest BCUT2D eigenvalue weighted by Gasteiger charge is 1.94. The lowest BCUT2D eigenvalue weighted by molar-refractivity contribution is 0.505. The molecule has 1 aliphatic rings. The van der Waals surface area contributed by atoms with Gasteiger partial charge in [0.05, 0.1) is 0 Å². The van der Waals surface area contributed by atoms with Crippen molar-refractivity contribution in [2.45, 2.75) is 12.5 Å². The molecular weight excluding hydrogens is 138 g/mol. The van der Waals surface area contributed by atoms with Crippen LogP contribution in [0.15, 0.2) is 17.3 Å². The van der Waals surface area contributed by atoms with E-state index in [0.29, 0.717) is 0 Å². The number of hydrogen-bond donors (Lipinski definition) is 1. The van der Waals surface area contributed by atoms with Crippen LogP contribution in [0.2, 0.25) is 0 Å². The quantitative estimate of drug-likeness (QED) is 0.553. The number of rotatable bonds is 0. The predicted molar refractivity (Wildman–Crippen MR) is 49.8 cm³/mol. The van der Waals surface area contributed by atoms with Gasteiger partial charge in [-0.1, -0.05) is 0 Å². The van der Waals surface area contributed by atoms with Crippen molar-refractivity contribution in [1.29, 1.82) is 0 Å². The van der Waals surface area contributed by atoms with Gasteiger partial charge in [-0.2, -0.15) is 0 Å². The second-order valence-electron chi connectivity index (χ2n) is 2.91. The van der Waals surface area contributed by atoms with Gasteiger partial charge in [-0.3, -0.25) is 4.99 Å². The molecule has 3 heteroatoms. The Labute approximate surface area is 68.6 Å². The normalized spacial score (nSPS) is 21.4. The molecule has 0 aromatic rings. The molecule has 0 aromatic carbocycles. The minimum Gasteiger partial charge on any atom is -0.324 e. The molecule has 0 radical (unpaired) electrons. The van der Waals surface area contributed by atoms with E-state index >= 15 is 0 Å². The third-order valence-electron chi connectivity index (χ3n) is 0.902. The minimum atomic E-state index is 0.206. The second-order valence-corrected chi connectivity index (χ2v) is 2.91. The van der Waals surface area contributed by atoms with Gasteiger partial charge >= 0.3 is 0 Å². The molecule has 2 N–H and O–H groups in total. The van der Waals surface area contributed by atoms with Crippen molar-refractivity contribution in [2.24, 2.45) is 10.7 Å². The Bertz CT molecular complexity index is 136. The van der Waals surface area contributed by atoms with Crippen molar-refractivity contribution < 1.29 is 0 Å². The molecule has 1 atom stereocenters. The van der Waals surface area contributed by atoms with Crippen LogP contribution in [-0.4, -0.2) is 38.3 Å². The summed E-state index contributed by atoms with van der Waals surface area (Å²) in [6.07, 6.45) is 6.33. The largest absolute Gasteiger partial charge is 0.324 e. The van der Waals surface area contributed by atoms with Gasteiger partial charge in [-0.15, -0.1) is 0 Å². The number of nitrogens with two attached hydrogens (primary N) is 1. The third kappa shape index (κ3) is 9.33. The Morgan fingerprint density at radius 2 is 2.00 bits per heavy atom. The first kappa shape index (κ1) is 10.3. The first-order valence-corrected chi connectivity index (χ1v) is 3.67. The van der Waals surface area contributed by atoms with Crippen LogP contribution in [0, 0.1) is 0 Å². The molecule has 1 aliphatic heterocycles. The molecule has 1 rings (SSSR count). The van der Waals surface area contributed by atoms with E-state index in [9.17, 15) is 0 Å². The third-order valence-corrected chi connectivity index (χ3v) is 0.902. The Kier molecular flexibility index (Phi) is 5.70. The van der Waals surface area contributed by atoms with E-state index in [-0.39, 0.29) is 6.04 Å². The molecule has 1 unspecified atom stereocenters. The molecule has 0 saturated heterocycles. The highest BCUT2D eigenvalue weighted by molar-refractivity contribution is 5.60. The molecule has 0 amide bonds. The van der Waals surface area contributed by atoms with E-state index in [1.165, 1.54) is 0 Å². The molecule has 3 nitrogen and oxygen atoms in total. The topological polar surface area (TPSA) is 41.6 Å². The van der Waals surface area contributed by atoms with Crippen LogP contribution < -0.4 is 5.73 Å². The molecule has 0 aromatic heterocycles. The van der Waals surface area contributed by atoms with Crippen LogP contribution in [0.5, 0.6) is 0 Å². The minimum absolute atomic E-state index is 0.206. The van der Waals surface area contributed by atoms with Crippen LogP contribution in [0.1, 0.15) is 6.42 Å². The van der Waals surface area contributed by atoms with Crippen LogP contribution in [0.4, 0.5) is 0 Å². The van der Waals surface area contributed by atoms with Crippen molar-refractivity contribution in [1.82, 2.24) is 4.90 Å². The lowest BCUT2D eigenvalue weighted by atomic mass is 10.2. The molecule has 0 saturated carbocycles. The van der Waals surface area contributed by atoms with Gasteiger partial charge < -0.3 is 10.6 Å². The first-order chi connectivity index (χ1) is 5.13. The summed E-state index contributed by atoms with van der Waals surface area (Å²) in [5.74, 6) is 0. The summed E-state index contributed by atoms with van der Waals surface area (Å²) in [7, 11) is 6.00. The predicted octanol–water partition coefficient (Wildman–Crippen LogP) is 0.480. The van der Waals surface area contributed by atoms with Gasteiger partial charge in [0, 0.05) is 24.9 Å². The summed E-state index contributed by atoms with van der Waals surface area (Å²) in [4.78, 5) is 5.84. The van der Waals surface area contributed by atoms with Crippen molar-refractivity contribution in [3.63, 3.8) is 0 Å². The maximum atomic E-state index is 5.46. The summed E-state index contributed by atoms with van der Waals surface area (Å²) in [6.45, 7) is 0. The summed E-state index contributed by atoms with van der Waals surface area (Å²) < 4.78 is 0. The molecule has 1 heterocycles. The van der Waals surface area contributed by atoms with Gasteiger partial charge in [0.25, 0.3) is 0 Å². The fraction of sp³-hybridized carbons (Fsp3) is 0.625. The molecule has 0 bridgehead atoms. The van der Waals surface area contributed by atoms with E-state index in [2.05, 4.69) is 4.99 Å². The van der Waals surface area contributed by atoms with E-state index in [0.717, 1.165) is 6.42 Å². The van der Waals surface area contributed by atoms with E-state index in [1.54, 1.807) is 6.20 Å². The number of aliphatic imine (C=N–C) groups is 1. The fourth-order valence-corrected chi connectivity index (χ4v) is 0.482. The summed E-state index contributed by atoms with van der Waals surface area (Å²) in [5.41, 5.74) is 5.46. The van der Waals surface area contributed by atoms with Crippen LogP contribution in [-0.2, 0) is 0 Å². The number of hydrogen-bond acceptors (Lipinski definition) is 3. The van der Waals surface area contributed by atoms with E-state index < -0.39 is 0 Å². The molecule has 64 valence electrons. The Balaban J connectivity index is 0.000000218. The van der Waals surface area contributed by atoms with Gasteiger partial charge in [0.2, 0.25) is 0 Å². The van der Waals surface area contributed by atoms with Gasteiger partial charge in [-0.25, -0.2) is 0 Å². The van der Waals surface area contributed by atoms with E-state index in [4.69, 9.17) is 5.73 Å². The van der Waals surface area contributed by atoms with E-state index in [1.807, 2.05) is 38.3 Å². The van der Waals surface area contributed by atoms with Crippen molar-refractivity contribution in [2.75, 3.05) is 21.1 Å². The van der Waals surface area contributed by atoms with Crippen molar-refractivity contribution in [3.05, 3.63) is 12.3 Å². The summed E-state index contributed by atoms with van der Waals surface area (Å²) in [6, 6.07) is 0.206. The van der Waals surface area contributed by atoms with Gasteiger partial charge in [-0.05, 0) is 27.2 Å². The second kappa shape index (κ2) is 6.07. The Morgan fingerprint density at radius 3 is 2.18 bits per heavy atom. The standard InChI is InChI=1S/C5H8N2.C3H9N/c6-5-1-3-7-4-2-5;1-4(2)3/h1,3-5H,2,6H2;1-3H3. The van der Waals surface area contributed by atoms with Gasteiger partial charge in [0.1, 0.15) is 0 Å². The van der Waals surface area contributed by atoms with Crippen molar-refractivity contribution in [3.8, 4) is 0 Å². The first-order valence-electron chi connectivity index (χ1n) is 3.67. The Morgan fingerprint density at radius 1 is 1.45 bits per heavy atom. The maximum absolute atomic E-state index is 5.46. The van der Waals surface area contributed by atoms with Crippen LogP contribution >= 0.6 is 0 Å². The average molecular weight is 155 g/mol.